The van der Waals surface area contributed by atoms with Crippen LogP contribution in [0, 0.1) is 0 Å². The van der Waals surface area contributed by atoms with Crippen LogP contribution in [-0.4, -0.2) is 13.2 Å². The fourth-order valence-electron chi connectivity index (χ4n) is 2.13. The first kappa shape index (κ1) is 13.3. The van der Waals surface area contributed by atoms with E-state index in [0.717, 1.165) is 17.9 Å². The van der Waals surface area contributed by atoms with E-state index >= 15 is 0 Å². The Bertz CT molecular complexity index is 526. The number of hydrogen-bond donors (Lipinski definition) is 2. The Labute approximate surface area is 114 Å². The normalized spacial score (nSPS) is 11.9. The molecule has 0 amide bonds. The minimum absolute atomic E-state index is 0.328. The van der Waals surface area contributed by atoms with Crippen LogP contribution in [0.25, 0.3) is 0 Å². The first-order chi connectivity index (χ1) is 9.17. The molecule has 2 rings (SSSR count). The lowest BCUT2D eigenvalue weighted by atomic mass is 10.1. The molecule has 2 aromatic carbocycles. The van der Waals surface area contributed by atoms with Gasteiger partial charge in [-0.1, -0.05) is 30.3 Å². The van der Waals surface area contributed by atoms with Gasteiger partial charge in [0.05, 0.1) is 7.11 Å². The second-order valence-corrected chi connectivity index (χ2v) is 4.73. The first-order valence-corrected chi connectivity index (χ1v) is 6.42. The maximum Gasteiger partial charge on any atom is 0.122 e. The van der Waals surface area contributed by atoms with Crippen LogP contribution < -0.4 is 15.8 Å². The molecule has 1 unspecified atom stereocenters. The van der Waals surface area contributed by atoms with E-state index in [9.17, 15) is 0 Å². The topological polar surface area (TPSA) is 47.3 Å². The Kier molecular flexibility index (Phi) is 4.29. The molecular weight excluding hydrogens is 236 g/mol. The van der Waals surface area contributed by atoms with Crippen molar-refractivity contribution in [1.29, 1.82) is 0 Å². The summed E-state index contributed by atoms with van der Waals surface area (Å²) in [5.41, 5.74) is 8.85. The molecule has 0 aliphatic rings. The summed E-state index contributed by atoms with van der Waals surface area (Å²) in [6, 6.07) is 16.4. The molecule has 1 atom stereocenters. The first-order valence-electron chi connectivity index (χ1n) is 6.42. The SMILES string of the molecule is COc1cc(N)cc(NC(C)Cc2ccccc2)c1. The van der Waals surface area contributed by atoms with Gasteiger partial charge in [-0.25, -0.2) is 0 Å². The predicted octanol–water partition coefficient (Wildman–Crippen LogP) is 3.32. The monoisotopic (exact) mass is 256 g/mol. The van der Waals surface area contributed by atoms with Crippen molar-refractivity contribution >= 4 is 11.4 Å². The molecule has 0 saturated carbocycles. The zero-order valence-corrected chi connectivity index (χ0v) is 11.4. The minimum Gasteiger partial charge on any atom is -0.497 e. The highest BCUT2D eigenvalue weighted by molar-refractivity contribution is 5.59. The largest absolute Gasteiger partial charge is 0.497 e. The number of nitrogens with one attached hydrogen (secondary N) is 1. The van der Waals surface area contributed by atoms with Crippen molar-refractivity contribution in [3.8, 4) is 5.75 Å². The molecule has 0 aliphatic carbocycles. The molecular formula is C16H20N2O. The summed E-state index contributed by atoms with van der Waals surface area (Å²) in [6.45, 7) is 2.16. The van der Waals surface area contributed by atoms with E-state index in [4.69, 9.17) is 10.5 Å². The average Bonchev–Trinajstić information content (AvgIpc) is 2.38. The number of nitrogen functional groups attached to an aromatic ring is 1. The number of benzene rings is 2. The van der Waals surface area contributed by atoms with Crippen LogP contribution in [0.5, 0.6) is 5.75 Å². The zero-order chi connectivity index (χ0) is 13.7. The second-order valence-electron chi connectivity index (χ2n) is 4.73. The van der Waals surface area contributed by atoms with E-state index in [1.165, 1.54) is 5.56 Å². The summed E-state index contributed by atoms with van der Waals surface area (Å²) < 4.78 is 5.22. The van der Waals surface area contributed by atoms with Crippen molar-refractivity contribution in [2.45, 2.75) is 19.4 Å². The molecule has 0 aliphatic heterocycles. The van der Waals surface area contributed by atoms with Gasteiger partial charge >= 0.3 is 0 Å². The van der Waals surface area contributed by atoms with Gasteiger partial charge in [-0.3, -0.25) is 0 Å². The van der Waals surface area contributed by atoms with Crippen LogP contribution in [-0.2, 0) is 6.42 Å². The maximum absolute atomic E-state index is 5.84. The van der Waals surface area contributed by atoms with E-state index in [2.05, 4.69) is 36.5 Å². The van der Waals surface area contributed by atoms with Gasteiger partial charge in [-0.2, -0.15) is 0 Å². The van der Waals surface area contributed by atoms with Gasteiger partial charge in [0.25, 0.3) is 0 Å². The molecule has 0 radical (unpaired) electrons. The van der Waals surface area contributed by atoms with Crippen molar-refractivity contribution in [3.63, 3.8) is 0 Å². The van der Waals surface area contributed by atoms with Gasteiger partial charge in [0.1, 0.15) is 5.75 Å². The van der Waals surface area contributed by atoms with Gasteiger partial charge in [0, 0.05) is 29.5 Å². The van der Waals surface area contributed by atoms with E-state index in [1.54, 1.807) is 7.11 Å². The summed E-state index contributed by atoms with van der Waals surface area (Å²) in [5, 5.41) is 3.45. The molecule has 2 aromatic rings. The van der Waals surface area contributed by atoms with Crippen LogP contribution in [0.15, 0.2) is 48.5 Å². The molecule has 0 spiro atoms. The van der Waals surface area contributed by atoms with Gasteiger partial charge in [-0.05, 0) is 25.0 Å². The number of hydrogen-bond acceptors (Lipinski definition) is 3. The van der Waals surface area contributed by atoms with Crippen LogP contribution >= 0.6 is 0 Å². The summed E-state index contributed by atoms with van der Waals surface area (Å²) in [7, 11) is 1.64. The van der Waals surface area contributed by atoms with E-state index in [-0.39, 0.29) is 0 Å². The number of methoxy groups -OCH3 is 1. The number of ether oxygens (including phenoxy) is 1. The maximum atomic E-state index is 5.84. The molecule has 0 fully saturated rings. The molecule has 0 bridgehead atoms. The molecule has 19 heavy (non-hydrogen) atoms. The molecule has 0 aromatic heterocycles. The number of anilines is 2. The molecule has 3 heteroatoms. The Balaban J connectivity index is 2.02. The van der Waals surface area contributed by atoms with Gasteiger partial charge in [0.2, 0.25) is 0 Å². The second kappa shape index (κ2) is 6.14. The summed E-state index contributed by atoms with van der Waals surface area (Å²) in [5.74, 6) is 0.773. The highest BCUT2D eigenvalue weighted by Gasteiger charge is 2.05. The lowest BCUT2D eigenvalue weighted by molar-refractivity contribution is 0.415. The van der Waals surface area contributed by atoms with Crippen molar-refractivity contribution < 1.29 is 4.74 Å². The Morgan fingerprint density at radius 1 is 1.16 bits per heavy atom. The van der Waals surface area contributed by atoms with Crippen molar-refractivity contribution in [1.82, 2.24) is 0 Å². The Hall–Kier alpha value is -2.16. The van der Waals surface area contributed by atoms with Crippen molar-refractivity contribution in [2.75, 3.05) is 18.2 Å². The van der Waals surface area contributed by atoms with Gasteiger partial charge in [-0.15, -0.1) is 0 Å². The Morgan fingerprint density at radius 3 is 2.58 bits per heavy atom. The van der Waals surface area contributed by atoms with Gasteiger partial charge < -0.3 is 15.8 Å². The lowest BCUT2D eigenvalue weighted by Crippen LogP contribution is -2.18. The lowest BCUT2D eigenvalue weighted by Gasteiger charge is -2.16. The van der Waals surface area contributed by atoms with Crippen LogP contribution in [0.1, 0.15) is 12.5 Å². The zero-order valence-electron chi connectivity index (χ0n) is 11.4. The fraction of sp³-hybridized carbons (Fsp3) is 0.250. The Morgan fingerprint density at radius 2 is 1.89 bits per heavy atom. The van der Waals surface area contributed by atoms with Crippen molar-refractivity contribution in [2.24, 2.45) is 0 Å². The average molecular weight is 256 g/mol. The highest BCUT2D eigenvalue weighted by atomic mass is 16.5. The highest BCUT2D eigenvalue weighted by Crippen LogP contribution is 2.23. The standard InChI is InChI=1S/C16H20N2O/c1-12(8-13-6-4-3-5-7-13)18-15-9-14(17)10-16(11-15)19-2/h3-7,9-12,18H,8,17H2,1-2H3. The predicted molar refractivity (Wildman–Crippen MR) is 80.6 cm³/mol. The number of rotatable bonds is 5. The van der Waals surface area contributed by atoms with E-state index in [1.807, 2.05) is 24.3 Å². The van der Waals surface area contributed by atoms with Crippen LogP contribution in [0.4, 0.5) is 11.4 Å². The third-order valence-corrected chi connectivity index (χ3v) is 2.96. The molecule has 3 N–H and O–H groups in total. The summed E-state index contributed by atoms with van der Waals surface area (Å²) >= 11 is 0. The molecule has 0 saturated heterocycles. The van der Waals surface area contributed by atoms with E-state index < -0.39 is 0 Å². The third-order valence-electron chi connectivity index (χ3n) is 2.96. The molecule has 3 nitrogen and oxygen atoms in total. The smallest absolute Gasteiger partial charge is 0.122 e. The quantitative estimate of drug-likeness (QED) is 0.807. The van der Waals surface area contributed by atoms with E-state index in [0.29, 0.717) is 11.7 Å². The number of nitrogens with two attached hydrogens (primary N) is 1. The van der Waals surface area contributed by atoms with Gasteiger partial charge in [0.15, 0.2) is 0 Å². The summed E-state index contributed by atoms with van der Waals surface area (Å²) in [4.78, 5) is 0. The molecule has 0 heterocycles. The van der Waals surface area contributed by atoms with Crippen LogP contribution in [0.3, 0.4) is 0 Å². The van der Waals surface area contributed by atoms with Crippen molar-refractivity contribution in [3.05, 3.63) is 54.1 Å². The fourth-order valence-corrected chi connectivity index (χ4v) is 2.13. The minimum atomic E-state index is 0.328. The van der Waals surface area contributed by atoms with Crippen LogP contribution in [0.2, 0.25) is 0 Å². The summed E-state index contributed by atoms with van der Waals surface area (Å²) in [6.07, 6.45) is 0.970. The third kappa shape index (κ3) is 3.91. The molecule has 100 valence electrons.